The summed E-state index contributed by atoms with van der Waals surface area (Å²) < 4.78 is 5.77. The quantitative estimate of drug-likeness (QED) is 0.263. The van der Waals surface area contributed by atoms with Gasteiger partial charge in [-0.25, -0.2) is 4.99 Å². The van der Waals surface area contributed by atoms with Gasteiger partial charge in [0.25, 0.3) is 0 Å². The monoisotopic (exact) mass is 311 g/mol. The van der Waals surface area contributed by atoms with Crippen LogP contribution in [0.3, 0.4) is 0 Å². The van der Waals surface area contributed by atoms with Crippen LogP contribution in [-0.4, -0.2) is 75.6 Å². The maximum Gasteiger partial charge on any atom is 0.188 e. The molecule has 4 rings (SSSR count). The lowest BCUT2D eigenvalue weighted by molar-refractivity contribution is -0.558. The van der Waals surface area contributed by atoms with Crippen LogP contribution in [-0.2, 0) is 4.74 Å². The first-order valence-electron chi connectivity index (χ1n) is 7.85. The molecule has 0 aromatic carbocycles. The SMILES string of the molecule is C[C@H](O)/C(C=[NH+]C12CN3C(C(C)(C)O)COCC3(C1)C2)=N/N. The van der Waals surface area contributed by atoms with Crippen molar-refractivity contribution >= 4 is 11.9 Å². The molecule has 124 valence electrons. The molecule has 5 N–H and O–H groups in total. The second-order valence-corrected chi connectivity index (χ2v) is 7.69. The molecule has 1 saturated carbocycles. The second kappa shape index (κ2) is 4.99. The maximum atomic E-state index is 10.4. The smallest absolute Gasteiger partial charge is 0.188 e. The van der Waals surface area contributed by atoms with Crippen molar-refractivity contribution < 1.29 is 19.9 Å². The summed E-state index contributed by atoms with van der Waals surface area (Å²) in [5.41, 5.74) is -0.355. The minimum absolute atomic E-state index is 0.00633. The van der Waals surface area contributed by atoms with E-state index in [1.54, 1.807) is 13.1 Å². The summed E-state index contributed by atoms with van der Waals surface area (Å²) >= 11 is 0. The summed E-state index contributed by atoms with van der Waals surface area (Å²) in [5.74, 6) is 5.30. The lowest BCUT2D eigenvalue weighted by Gasteiger charge is -2.51. The highest BCUT2D eigenvalue weighted by Gasteiger charge is 2.72. The van der Waals surface area contributed by atoms with Gasteiger partial charge in [-0.3, -0.25) is 4.90 Å². The third-order valence-electron chi connectivity index (χ3n) is 5.36. The third kappa shape index (κ3) is 2.36. The predicted molar refractivity (Wildman–Crippen MR) is 82.6 cm³/mol. The number of nitrogens with two attached hydrogens (primary N) is 1. The molecule has 4 fully saturated rings. The van der Waals surface area contributed by atoms with Crippen LogP contribution in [0.2, 0.25) is 0 Å². The summed E-state index contributed by atoms with van der Waals surface area (Å²) in [6, 6.07) is 0.00633. The number of morpholine rings is 1. The van der Waals surface area contributed by atoms with Crippen LogP contribution < -0.4 is 10.8 Å². The molecule has 7 nitrogen and oxygen atoms in total. The van der Waals surface area contributed by atoms with Gasteiger partial charge in [0.1, 0.15) is 6.10 Å². The minimum atomic E-state index is -0.792. The van der Waals surface area contributed by atoms with Crippen molar-refractivity contribution in [3.63, 3.8) is 0 Å². The van der Waals surface area contributed by atoms with E-state index >= 15 is 0 Å². The fourth-order valence-corrected chi connectivity index (χ4v) is 4.32. The molecule has 1 unspecified atom stereocenters. The van der Waals surface area contributed by atoms with Gasteiger partial charge in [0.15, 0.2) is 17.5 Å². The number of nitrogens with one attached hydrogen (secondary N) is 1. The van der Waals surface area contributed by atoms with Gasteiger partial charge in [-0.2, -0.15) is 5.10 Å². The van der Waals surface area contributed by atoms with E-state index in [0.717, 1.165) is 26.0 Å². The number of hydrogen-bond donors (Lipinski definition) is 4. The molecule has 1 spiro atoms. The first-order valence-corrected chi connectivity index (χ1v) is 7.85. The third-order valence-corrected chi connectivity index (χ3v) is 5.36. The molecule has 0 aromatic rings. The highest BCUT2D eigenvalue weighted by Crippen LogP contribution is 2.54. The molecule has 0 amide bonds. The molecular weight excluding hydrogens is 284 g/mol. The van der Waals surface area contributed by atoms with Crippen LogP contribution in [0.1, 0.15) is 33.6 Å². The van der Waals surface area contributed by atoms with Gasteiger partial charge in [-0.1, -0.05) is 0 Å². The van der Waals surface area contributed by atoms with E-state index in [9.17, 15) is 10.2 Å². The number of aliphatic hydroxyl groups excluding tert-OH is 1. The fourth-order valence-electron chi connectivity index (χ4n) is 4.32. The molecule has 0 radical (unpaired) electrons. The normalized spacial score (nSPS) is 40.6. The van der Waals surface area contributed by atoms with Crippen molar-refractivity contribution in [3.05, 3.63) is 0 Å². The number of rotatable bonds is 4. The van der Waals surface area contributed by atoms with E-state index in [1.807, 2.05) is 13.8 Å². The predicted octanol–water partition coefficient (Wildman–Crippen LogP) is -2.41. The summed E-state index contributed by atoms with van der Waals surface area (Å²) in [6.45, 7) is 7.47. The van der Waals surface area contributed by atoms with Gasteiger partial charge in [0.05, 0.1) is 36.9 Å². The van der Waals surface area contributed by atoms with Crippen molar-refractivity contribution in [3.8, 4) is 0 Å². The van der Waals surface area contributed by atoms with Gasteiger partial charge in [0, 0.05) is 12.8 Å². The van der Waals surface area contributed by atoms with Crippen LogP contribution in [0.15, 0.2) is 5.10 Å². The Balaban J connectivity index is 1.78. The molecule has 3 aliphatic heterocycles. The van der Waals surface area contributed by atoms with Crippen molar-refractivity contribution in [2.75, 3.05) is 19.8 Å². The number of hydrogen-bond acceptors (Lipinski definition) is 6. The first-order chi connectivity index (χ1) is 10.2. The summed E-state index contributed by atoms with van der Waals surface area (Å²) in [4.78, 5) is 5.81. The molecule has 22 heavy (non-hydrogen) atoms. The van der Waals surface area contributed by atoms with Gasteiger partial charge in [-0.05, 0) is 20.8 Å². The average Bonchev–Trinajstić information content (AvgIpc) is 2.87. The zero-order valence-corrected chi connectivity index (χ0v) is 13.5. The van der Waals surface area contributed by atoms with Gasteiger partial charge >= 0.3 is 0 Å². The zero-order chi connectivity index (χ0) is 16.2. The molecular formula is C15H27N4O3+. The van der Waals surface area contributed by atoms with Crippen molar-refractivity contribution in [1.29, 1.82) is 0 Å². The van der Waals surface area contributed by atoms with E-state index in [-0.39, 0.29) is 17.1 Å². The second-order valence-electron chi connectivity index (χ2n) is 7.69. The summed E-state index contributed by atoms with van der Waals surface area (Å²) in [6.07, 6.45) is 2.97. The molecule has 1 aliphatic carbocycles. The maximum absolute atomic E-state index is 10.4. The Kier molecular flexibility index (Phi) is 3.60. The van der Waals surface area contributed by atoms with Crippen molar-refractivity contribution in [2.24, 2.45) is 10.9 Å². The summed E-state index contributed by atoms with van der Waals surface area (Å²) in [7, 11) is 0. The number of nitrogens with zero attached hydrogens (tertiary/aromatic N) is 2. The fraction of sp³-hybridized carbons (Fsp3) is 0.867. The largest absolute Gasteiger partial charge is 0.389 e. The number of aliphatic hydroxyl groups is 2. The molecule has 7 heteroatoms. The molecule has 4 aliphatic rings. The van der Waals surface area contributed by atoms with Crippen LogP contribution in [0.5, 0.6) is 0 Å². The van der Waals surface area contributed by atoms with Crippen LogP contribution in [0, 0.1) is 0 Å². The Morgan fingerprint density at radius 2 is 2.23 bits per heavy atom. The summed E-state index contributed by atoms with van der Waals surface area (Å²) in [5, 5.41) is 23.6. The minimum Gasteiger partial charge on any atom is -0.389 e. The van der Waals surface area contributed by atoms with Gasteiger partial charge in [0.2, 0.25) is 0 Å². The lowest BCUT2D eigenvalue weighted by atomic mass is 9.67. The molecule has 3 saturated heterocycles. The Bertz CT molecular complexity index is 503. The van der Waals surface area contributed by atoms with Gasteiger partial charge in [-0.15, -0.1) is 0 Å². The van der Waals surface area contributed by atoms with Crippen molar-refractivity contribution in [1.82, 2.24) is 4.90 Å². The van der Waals surface area contributed by atoms with E-state index in [0.29, 0.717) is 12.3 Å². The average molecular weight is 311 g/mol. The van der Waals surface area contributed by atoms with Crippen LogP contribution >= 0.6 is 0 Å². The van der Waals surface area contributed by atoms with E-state index < -0.39 is 11.7 Å². The molecule has 2 bridgehead atoms. The Morgan fingerprint density at radius 1 is 1.55 bits per heavy atom. The number of ether oxygens (including phenoxy) is 1. The van der Waals surface area contributed by atoms with Crippen LogP contribution in [0.25, 0.3) is 0 Å². The Morgan fingerprint density at radius 3 is 2.77 bits per heavy atom. The van der Waals surface area contributed by atoms with E-state index in [4.69, 9.17) is 10.6 Å². The molecule has 0 aromatic heterocycles. The standard InChI is InChI=1S/C15H26N4O3/c1-10(20)11(18-16)4-17-14-6-15(7-14)9-22-5-12(13(2,3)21)19(15)8-14/h4,10,12,20-21H,5-9,16H2,1-3H3/p+1/b17-4?,18-11+/t10-,12?,14?,15?/m0/s1. The van der Waals surface area contributed by atoms with E-state index in [2.05, 4.69) is 15.0 Å². The first kappa shape index (κ1) is 15.9. The highest BCUT2D eigenvalue weighted by molar-refractivity contribution is 6.30. The topological polar surface area (TPSA) is 105 Å². The Hall–Kier alpha value is -1.02. The Labute approximate surface area is 130 Å². The molecule has 2 atom stereocenters. The lowest BCUT2D eigenvalue weighted by Crippen LogP contribution is -2.90. The highest BCUT2D eigenvalue weighted by atomic mass is 16.5. The van der Waals surface area contributed by atoms with Gasteiger partial charge < -0.3 is 20.8 Å². The zero-order valence-electron chi connectivity index (χ0n) is 13.5. The molecule has 3 heterocycles. The van der Waals surface area contributed by atoms with E-state index in [1.165, 1.54) is 0 Å². The van der Waals surface area contributed by atoms with Crippen molar-refractivity contribution in [2.45, 2.75) is 62.4 Å². The van der Waals surface area contributed by atoms with Crippen LogP contribution in [0.4, 0.5) is 0 Å². The number of hydrazone groups is 1.